The Morgan fingerprint density at radius 1 is 0.812 bits per heavy atom. The number of rotatable bonds is 5. The largest absolute Gasteiger partial charge is 0.378 e. The zero-order chi connectivity index (χ0) is 21.8. The molecule has 2 aliphatic rings. The van der Waals surface area contributed by atoms with Crippen LogP contribution in [0.4, 0.5) is 11.6 Å². The van der Waals surface area contributed by atoms with E-state index >= 15 is 0 Å². The standard InChI is InChI=1S/C26H31N5O/c1-2-29-12-14-31(15-13-29)26-24-8-4-3-6-21(24)20-23(28-26)11-10-22-7-5-9-25(27-22)30-16-18-32-19-17-30/h3-11,20H,2,12-19H2,1H3. The van der Waals surface area contributed by atoms with Crippen molar-refractivity contribution in [3.8, 4) is 0 Å². The Kier molecular flexibility index (Phi) is 6.32. The number of benzene rings is 1. The first kappa shape index (κ1) is 20.9. The lowest BCUT2D eigenvalue weighted by Gasteiger charge is -2.35. The summed E-state index contributed by atoms with van der Waals surface area (Å²) in [5.41, 5.74) is 1.91. The smallest absolute Gasteiger partial charge is 0.137 e. The van der Waals surface area contributed by atoms with Crippen LogP contribution in [0.25, 0.3) is 22.9 Å². The highest BCUT2D eigenvalue weighted by molar-refractivity contribution is 5.94. The number of nitrogens with zero attached hydrogens (tertiary/aromatic N) is 5. The Morgan fingerprint density at radius 3 is 2.41 bits per heavy atom. The summed E-state index contributed by atoms with van der Waals surface area (Å²) in [4.78, 5) is 17.1. The van der Waals surface area contributed by atoms with Gasteiger partial charge in [0.2, 0.25) is 0 Å². The van der Waals surface area contributed by atoms with Crippen LogP contribution in [0.15, 0.2) is 48.5 Å². The van der Waals surface area contributed by atoms with Crippen LogP contribution in [-0.2, 0) is 4.74 Å². The minimum Gasteiger partial charge on any atom is -0.378 e. The van der Waals surface area contributed by atoms with Crippen molar-refractivity contribution in [2.45, 2.75) is 6.92 Å². The van der Waals surface area contributed by atoms with Gasteiger partial charge in [0.15, 0.2) is 0 Å². The lowest BCUT2D eigenvalue weighted by atomic mass is 10.1. The molecule has 1 aromatic carbocycles. The van der Waals surface area contributed by atoms with E-state index in [1.807, 2.05) is 6.07 Å². The summed E-state index contributed by atoms with van der Waals surface area (Å²) in [5, 5.41) is 2.45. The molecule has 6 heteroatoms. The second-order valence-electron chi connectivity index (χ2n) is 8.37. The molecule has 0 radical (unpaired) electrons. The van der Waals surface area contributed by atoms with Gasteiger partial charge in [-0.3, -0.25) is 0 Å². The third-order valence-corrected chi connectivity index (χ3v) is 6.37. The van der Waals surface area contributed by atoms with Gasteiger partial charge in [-0.2, -0.15) is 0 Å². The van der Waals surface area contributed by atoms with Gasteiger partial charge in [0, 0.05) is 44.7 Å². The fourth-order valence-electron chi connectivity index (χ4n) is 4.47. The third-order valence-electron chi connectivity index (χ3n) is 6.37. The van der Waals surface area contributed by atoms with E-state index in [-0.39, 0.29) is 0 Å². The highest BCUT2D eigenvalue weighted by atomic mass is 16.5. The van der Waals surface area contributed by atoms with Gasteiger partial charge in [-0.05, 0) is 42.3 Å². The Hall–Kier alpha value is -2.96. The molecule has 0 spiro atoms. The summed E-state index contributed by atoms with van der Waals surface area (Å²) < 4.78 is 5.47. The van der Waals surface area contributed by atoms with Gasteiger partial charge >= 0.3 is 0 Å². The maximum Gasteiger partial charge on any atom is 0.137 e. The number of ether oxygens (including phenoxy) is 1. The Balaban J connectivity index is 1.41. The first-order valence-electron chi connectivity index (χ1n) is 11.6. The molecule has 4 heterocycles. The Bertz CT molecular complexity index is 1080. The van der Waals surface area contributed by atoms with Crippen molar-refractivity contribution in [1.82, 2.24) is 14.9 Å². The maximum absolute atomic E-state index is 5.47. The number of aromatic nitrogens is 2. The molecule has 32 heavy (non-hydrogen) atoms. The first-order chi connectivity index (χ1) is 15.8. The molecule has 6 nitrogen and oxygen atoms in total. The number of pyridine rings is 2. The van der Waals surface area contributed by atoms with Gasteiger partial charge in [-0.15, -0.1) is 0 Å². The van der Waals surface area contributed by atoms with E-state index in [9.17, 15) is 0 Å². The highest BCUT2D eigenvalue weighted by Crippen LogP contribution is 2.27. The van der Waals surface area contributed by atoms with Crippen molar-refractivity contribution < 1.29 is 4.74 Å². The molecule has 2 aliphatic heterocycles. The summed E-state index contributed by atoms with van der Waals surface area (Å²) in [5.74, 6) is 2.10. The molecule has 0 aliphatic carbocycles. The third kappa shape index (κ3) is 4.61. The van der Waals surface area contributed by atoms with Crippen molar-refractivity contribution in [1.29, 1.82) is 0 Å². The molecule has 2 aromatic heterocycles. The number of piperazine rings is 1. The summed E-state index contributed by atoms with van der Waals surface area (Å²) in [6.07, 6.45) is 4.16. The van der Waals surface area contributed by atoms with E-state index in [0.29, 0.717) is 0 Å². The molecule has 0 N–H and O–H groups in total. The van der Waals surface area contributed by atoms with Crippen molar-refractivity contribution in [3.05, 3.63) is 59.9 Å². The van der Waals surface area contributed by atoms with Crippen LogP contribution in [0.5, 0.6) is 0 Å². The second kappa shape index (κ2) is 9.67. The number of anilines is 2. The van der Waals surface area contributed by atoms with Crippen molar-refractivity contribution in [2.24, 2.45) is 0 Å². The van der Waals surface area contributed by atoms with Crippen LogP contribution in [0.3, 0.4) is 0 Å². The van der Waals surface area contributed by atoms with Gasteiger partial charge < -0.3 is 19.4 Å². The quantitative estimate of drug-likeness (QED) is 0.615. The van der Waals surface area contributed by atoms with Gasteiger partial charge in [0.1, 0.15) is 11.6 Å². The molecule has 2 saturated heterocycles. The fourth-order valence-corrected chi connectivity index (χ4v) is 4.47. The normalized spacial score (nSPS) is 18.0. The lowest BCUT2D eigenvalue weighted by Crippen LogP contribution is -2.46. The number of hydrogen-bond donors (Lipinski definition) is 0. The average molecular weight is 430 g/mol. The molecule has 0 saturated carbocycles. The molecule has 3 aromatic rings. The van der Waals surface area contributed by atoms with Crippen molar-refractivity contribution in [3.63, 3.8) is 0 Å². The second-order valence-corrected chi connectivity index (χ2v) is 8.37. The maximum atomic E-state index is 5.47. The number of likely N-dealkylation sites (N-methyl/N-ethyl adjacent to an activating group) is 1. The van der Waals surface area contributed by atoms with Gasteiger partial charge in [0.05, 0.1) is 24.6 Å². The summed E-state index contributed by atoms with van der Waals surface area (Å²) in [7, 11) is 0. The van der Waals surface area contributed by atoms with Crippen LogP contribution in [0.1, 0.15) is 18.3 Å². The van der Waals surface area contributed by atoms with Gasteiger partial charge in [-0.1, -0.05) is 37.3 Å². The predicted molar refractivity (Wildman–Crippen MR) is 132 cm³/mol. The van der Waals surface area contributed by atoms with Crippen LogP contribution < -0.4 is 9.80 Å². The molecule has 2 fully saturated rings. The van der Waals surface area contributed by atoms with E-state index in [4.69, 9.17) is 14.7 Å². The van der Waals surface area contributed by atoms with E-state index in [1.54, 1.807) is 0 Å². The zero-order valence-corrected chi connectivity index (χ0v) is 18.8. The highest BCUT2D eigenvalue weighted by Gasteiger charge is 2.19. The van der Waals surface area contributed by atoms with Crippen molar-refractivity contribution in [2.75, 3.05) is 68.8 Å². The summed E-state index contributed by atoms with van der Waals surface area (Å²) in [6.45, 7) is 10.9. The lowest BCUT2D eigenvalue weighted by molar-refractivity contribution is 0.122. The fraction of sp³-hybridized carbons (Fsp3) is 0.385. The molecule has 166 valence electrons. The Morgan fingerprint density at radius 2 is 1.59 bits per heavy atom. The number of morpholine rings is 1. The summed E-state index contributed by atoms with van der Waals surface area (Å²) in [6, 6.07) is 16.9. The van der Waals surface area contributed by atoms with Crippen LogP contribution in [0, 0.1) is 0 Å². The van der Waals surface area contributed by atoms with E-state index < -0.39 is 0 Å². The predicted octanol–water partition coefficient (Wildman–Crippen LogP) is 3.78. The minimum atomic E-state index is 0.762. The molecule has 0 amide bonds. The number of hydrogen-bond acceptors (Lipinski definition) is 6. The molecule has 0 atom stereocenters. The molecular weight excluding hydrogens is 398 g/mol. The average Bonchev–Trinajstić information content (AvgIpc) is 2.88. The van der Waals surface area contributed by atoms with E-state index in [2.05, 4.69) is 76.2 Å². The zero-order valence-electron chi connectivity index (χ0n) is 18.8. The van der Waals surface area contributed by atoms with Crippen LogP contribution in [0.2, 0.25) is 0 Å². The molecule has 0 unspecified atom stereocenters. The van der Waals surface area contributed by atoms with Crippen LogP contribution >= 0.6 is 0 Å². The first-order valence-corrected chi connectivity index (χ1v) is 11.6. The molecular formula is C26H31N5O. The van der Waals surface area contributed by atoms with E-state index in [1.165, 1.54) is 10.8 Å². The van der Waals surface area contributed by atoms with Crippen molar-refractivity contribution >= 4 is 34.6 Å². The monoisotopic (exact) mass is 429 g/mol. The topological polar surface area (TPSA) is 44.7 Å². The van der Waals surface area contributed by atoms with Gasteiger partial charge in [0.25, 0.3) is 0 Å². The van der Waals surface area contributed by atoms with E-state index in [0.717, 1.165) is 82.1 Å². The summed E-state index contributed by atoms with van der Waals surface area (Å²) >= 11 is 0. The molecule has 0 bridgehead atoms. The molecule has 5 rings (SSSR count). The van der Waals surface area contributed by atoms with Crippen LogP contribution in [-0.4, -0.2) is 73.9 Å². The number of fused-ring (bicyclic) bond motifs is 1. The van der Waals surface area contributed by atoms with Gasteiger partial charge in [-0.25, -0.2) is 9.97 Å². The SMILES string of the molecule is CCN1CCN(c2nc(C=Cc3cccc(N4CCOCC4)n3)cc3ccccc23)CC1. The Labute approximate surface area is 190 Å². The minimum absolute atomic E-state index is 0.762.